The van der Waals surface area contributed by atoms with E-state index in [0.29, 0.717) is 0 Å². The minimum Gasteiger partial charge on any atom is -0.353 e. The first-order chi connectivity index (χ1) is 16.9. The number of nitrogens with one attached hydrogen (secondary N) is 1. The van der Waals surface area contributed by atoms with E-state index in [1.54, 1.807) is 0 Å². The topological polar surface area (TPSA) is 20.7 Å². The maximum absolute atomic E-state index is 3.79. The van der Waals surface area contributed by atoms with E-state index in [-0.39, 0.29) is 0 Å². The Morgan fingerprint density at radius 3 is 2.12 bits per heavy atom. The lowest BCUT2D eigenvalue weighted by atomic mass is 9.88. The summed E-state index contributed by atoms with van der Waals surface area (Å²) in [4.78, 5) is 3.79. The van der Waals surface area contributed by atoms with E-state index in [0.717, 1.165) is 12.8 Å². The number of fused-ring (bicyclic) bond motifs is 4. The van der Waals surface area contributed by atoms with E-state index >= 15 is 0 Å². The maximum atomic E-state index is 3.79. The Labute approximate surface area is 197 Å². The first-order valence-corrected chi connectivity index (χ1v) is 12.0. The number of aromatic nitrogens is 2. The Hall–Kier alpha value is -4.30. The molecule has 5 aromatic carbocycles. The minimum absolute atomic E-state index is 1.07. The van der Waals surface area contributed by atoms with Crippen LogP contribution in [0.15, 0.2) is 103 Å². The number of aromatic amines is 1. The van der Waals surface area contributed by atoms with Gasteiger partial charge in [-0.2, -0.15) is 0 Å². The van der Waals surface area contributed by atoms with Crippen molar-refractivity contribution in [3.05, 3.63) is 114 Å². The van der Waals surface area contributed by atoms with Crippen LogP contribution >= 0.6 is 0 Å². The third-order valence-electron chi connectivity index (χ3n) is 7.56. The second-order valence-corrected chi connectivity index (χ2v) is 9.42. The summed E-state index contributed by atoms with van der Waals surface area (Å²) in [5, 5.41) is 5.46. The van der Waals surface area contributed by atoms with Gasteiger partial charge in [-0.1, -0.05) is 72.8 Å². The van der Waals surface area contributed by atoms with E-state index in [2.05, 4.69) is 113 Å². The zero-order valence-electron chi connectivity index (χ0n) is 18.7. The highest BCUT2D eigenvalue weighted by Gasteiger charge is 2.25. The molecule has 1 aliphatic rings. The van der Waals surface area contributed by atoms with Crippen LogP contribution in [0.4, 0.5) is 0 Å². The maximum Gasteiger partial charge on any atom is 0.0786 e. The molecule has 0 bridgehead atoms. The summed E-state index contributed by atoms with van der Waals surface area (Å²) in [5.41, 5.74) is 11.7. The molecule has 0 amide bonds. The predicted molar refractivity (Wildman–Crippen MR) is 143 cm³/mol. The monoisotopic (exact) mass is 434 g/mol. The third kappa shape index (κ3) is 2.35. The molecule has 8 rings (SSSR count). The smallest absolute Gasteiger partial charge is 0.0786 e. The van der Waals surface area contributed by atoms with Crippen molar-refractivity contribution in [1.82, 2.24) is 9.55 Å². The van der Waals surface area contributed by atoms with Crippen LogP contribution in [0.25, 0.3) is 60.4 Å². The van der Waals surface area contributed by atoms with Crippen molar-refractivity contribution < 1.29 is 0 Å². The highest BCUT2D eigenvalue weighted by Crippen LogP contribution is 2.45. The Morgan fingerprint density at radius 2 is 1.29 bits per heavy atom. The molecule has 2 aromatic heterocycles. The number of benzene rings is 5. The molecule has 1 N–H and O–H groups in total. The fraction of sp³-hybridized carbons (Fsp3) is 0.0625. The van der Waals surface area contributed by atoms with Gasteiger partial charge in [0.05, 0.1) is 16.6 Å². The summed E-state index contributed by atoms with van der Waals surface area (Å²) in [6.07, 6.45) is 2.15. The van der Waals surface area contributed by atoms with Crippen LogP contribution in [-0.4, -0.2) is 9.55 Å². The lowest BCUT2D eigenvalue weighted by Gasteiger charge is -2.15. The van der Waals surface area contributed by atoms with Crippen LogP contribution in [-0.2, 0) is 12.8 Å². The van der Waals surface area contributed by atoms with Gasteiger partial charge in [-0.3, -0.25) is 0 Å². The Morgan fingerprint density at radius 1 is 0.588 bits per heavy atom. The number of rotatable bonds is 2. The van der Waals surface area contributed by atoms with E-state index in [1.165, 1.54) is 71.6 Å². The molecule has 0 aliphatic heterocycles. The van der Waals surface area contributed by atoms with Crippen molar-refractivity contribution >= 4 is 43.6 Å². The average Bonchev–Trinajstić information content (AvgIpc) is 3.44. The van der Waals surface area contributed by atoms with E-state index < -0.39 is 0 Å². The molecular weight excluding hydrogens is 412 g/mol. The fourth-order valence-electron chi connectivity index (χ4n) is 6.10. The Kier molecular flexibility index (Phi) is 3.53. The fourth-order valence-corrected chi connectivity index (χ4v) is 6.10. The standard InChI is InChI=1S/C32H22N2/c1-3-9-20(10-4-1)23-17-21-15-16-22-18-26-25-13-7-8-14-27(25)33-31(26)32-30(22)29(21)28(19-23)34(32)24-11-5-2-6-12-24/h1-14,17-19,33H,15-16H2. The first kappa shape index (κ1) is 18.2. The highest BCUT2D eigenvalue weighted by molar-refractivity contribution is 6.25. The van der Waals surface area contributed by atoms with Crippen molar-refractivity contribution in [1.29, 1.82) is 0 Å². The molecule has 0 atom stereocenters. The molecule has 34 heavy (non-hydrogen) atoms. The molecule has 2 nitrogen and oxygen atoms in total. The molecule has 0 fully saturated rings. The zero-order chi connectivity index (χ0) is 22.2. The van der Waals surface area contributed by atoms with Crippen LogP contribution in [0.5, 0.6) is 0 Å². The Bertz CT molecular complexity index is 1890. The number of H-pyrrole nitrogens is 1. The largest absolute Gasteiger partial charge is 0.353 e. The molecular formula is C32H22N2. The van der Waals surface area contributed by atoms with Gasteiger partial charge < -0.3 is 9.55 Å². The van der Waals surface area contributed by atoms with Gasteiger partial charge in [0.2, 0.25) is 0 Å². The first-order valence-electron chi connectivity index (χ1n) is 12.0. The molecule has 2 heteroatoms. The van der Waals surface area contributed by atoms with Crippen molar-refractivity contribution in [3.8, 4) is 16.8 Å². The van der Waals surface area contributed by atoms with Gasteiger partial charge in [0, 0.05) is 32.7 Å². The van der Waals surface area contributed by atoms with E-state index in [4.69, 9.17) is 0 Å². The summed E-state index contributed by atoms with van der Waals surface area (Å²) in [7, 11) is 0. The molecule has 0 unspecified atom stereocenters. The van der Waals surface area contributed by atoms with Gasteiger partial charge in [0.25, 0.3) is 0 Å². The summed E-state index contributed by atoms with van der Waals surface area (Å²) in [5.74, 6) is 0. The second kappa shape index (κ2) is 6.61. The SMILES string of the molecule is c1ccc(-c2cc3c4c5c(cc6c7ccccc7[nH]c6c5n(-c5ccccc5)c4c2)CC3)cc1. The molecule has 160 valence electrons. The number of aryl methyl sites for hydroxylation is 2. The van der Waals surface area contributed by atoms with Crippen LogP contribution in [0, 0.1) is 0 Å². The van der Waals surface area contributed by atoms with Gasteiger partial charge in [0.15, 0.2) is 0 Å². The van der Waals surface area contributed by atoms with Gasteiger partial charge in [0.1, 0.15) is 0 Å². The third-order valence-corrected chi connectivity index (χ3v) is 7.56. The van der Waals surface area contributed by atoms with Gasteiger partial charge >= 0.3 is 0 Å². The van der Waals surface area contributed by atoms with E-state index in [1.807, 2.05) is 0 Å². The molecule has 0 saturated heterocycles. The molecule has 1 aliphatic carbocycles. The summed E-state index contributed by atoms with van der Waals surface area (Å²) < 4.78 is 2.49. The summed E-state index contributed by atoms with van der Waals surface area (Å²) >= 11 is 0. The lowest BCUT2D eigenvalue weighted by molar-refractivity contribution is 0.971. The zero-order valence-corrected chi connectivity index (χ0v) is 18.7. The minimum atomic E-state index is 1.07. The van der Waals surface area contributed by atoms with Crippen molar-refractivity contribution in [2.24, 2.45) is 0 Å². The quantitative estimate of drug-likeness (QED) is 0.283. The van der Waals surface area contributed by atoms with Crippen molar-refractivity contribution in [3.63, 3.8) is 0 Å². The van der Waals surface area contributed by atoms with Gasteiger partial charge in [-0.05, 0) is 65.4 Å². The lowest BCUT2D eigenvalue weighted by Crippen LogP contribution is -1.99. The van der Waals surface area contributed by atoms with Crippen LogP contribution in [0.2, 0.25) is 0 Å². The Balaban J connectivity index is 1.63. The number of hydrogen-bond donors (Lipinski definition) is 1. The van der Waals surface area contributed by atoms with Crippen LogP contribution in [0.1, 0.15) is 11.1 Å². The molecule has 0 spiro atoms. The number of nitrogens with zero attached hydrogens (tertiary/aromatic N) is 1. The predicted octanol–water partition coefficient (Wildman–Crippen LogP) is 8.18. The van der Waals surface area contributed by atoms with Crippen molar-refractivity contribution in [2.45, 2.75) is 12.8 Å². The molecule has 0 saturated carbocycles. The molecule has 0 radical (unpaired) electrons. The van der Waals surface area contributed by atoms with Gasteiger partial charge in [-0.25, -0.2) is 0 Å². The summed E-state index contributed by atoms with van der Waals surface area (Å²) in [6.45, 7) is 0. The number of para-hydroxylation sites is 2. The van der Waals surface area contributed by atoms with E-state index in [9.17, 15) is 0 Å². The highest BCUT2D eigenvalue weighted by atomic mass is 15.0. The number of hydrogen-bond acceptors (Lipinski definition) is 0. The second-order valence-electron chi connectivity index (χ2n) is 9.42. The average molecular weight is 435 g/mol. The van der Waals surface area contributed by atoms with Gasteiger partial charge in [-0.15, -0.1) is 0 Å². The van der Waals surface area contributed by atoms with Crippen LogP contribution in [0.3, 0.4) is 0 Å². The van der Waals surface area contributed by atoms with Crippen LogP contribution < -0.4 is 0 Å². The molecule has 7 aromatic rings. The van der Waals surface area contributed by atoms with Crippen molar-refractivity contribution in [2.75, 3.05) is 0 Å². The molecule has 2 heterocycles. The summed E-state index contributed by atoms with van der Waals surface area (Å²) in [6, 6.07) is 37.6. The normalized spacial score (nSPS) is 13.1.